The molecule has 0 atom stereocenters. The molecule has 0 radical (unpaired) electrons. The molecule has 0 bridgehead atoms. The molecule has 0 aromatic carbocycles. The number of thiophene rings is 1. The molecule has 0 spiro atoms. The van der Waals surface area contributed by atoms with Crippen LogP contribution in [0.15, 0.2) is 41.3 Å². The van der Waals surface area contributed by atoms with Crippen molar-refractivity contribution in [1.82, 2.24) is 4.90 Å². The van der Waals surface area contributed by atoms with Gasteiger partial charge in [0.2, 0.25) is 0 Å². The first-order valence-corrected chi connectivity index (χ1v) is 8.00. The summed E-state index contributed by atoms with van der Waals surface area (Å²) in [4.78, 5) is 4.68. The van der Waals surface area contributed by atoms with Crippen molar-refractivity contribution in [3.05, 3.63) is 51.1 Å². The number of aliphatic hydroxyl groups is 1. The highest BCUT2D eigenvalue weighted by Gasteiger charge is 2.14. The van der Waals surface area contributed by atoms with Gasteiger partial charge in [-0.15, -0.1) is 11.3 Å². The predicted molar refractivity (Wildman–Crippen MR) is 89.2 cm³/mol. The number of hydrogen-bond donors (Lipinski definition) is 1. The Hall–Kier alpha value is -1.52. The summed E-state index contributed by atoms with van der Waals surface area (Å²) in [5, 5.41) is 9.03. The minimum Gasteiger partial charge on any atom is -0.496 e. The van der Waals surface area contributed by atoms with Crippen LogP contribution in [0.5, 0.6) is 0 Å². The van der Waals surface area contributed by atoms with Crippen LogP contribution >= 0.6 is 11.3 Å². The average Bonchev–Trinajstić information content (AvgIpc) is 2.90. The van der Waals surface area contributed by atoms with Gasteiger partial charge >= 0.3 is 0 Å². The SMILES string of the molecule is COC1=C(/C=C/c2ccc(C)s2)CCC(N(C)CCO)=C1. The lowest BCUT2D eigenvalue weighted by atomic mass is 9.99. The molecule has 4 heteroatoms. The second-order valence-corrected chi connectivity index (χ2v) is 6.48. The molecule has 0 amide bonds. The van der Waals surface area contributed by atoms with Crippen molar-refractivity contribution in [2.45, 2.75) is 19.8 Å². The topological polar surface area (TPSA) is 32.7 Å². The molecule has 1 N–H and O–H groups in total. The van der Waals surface area contributed by atoms with Crippen LogP contribution in [-0.4, -0.2) is 37.3 Å². The number of allylic oxidation sites excluding steroid dienone is 4. The van der Waals surface area contributed by atoms with E-state index in [0.717, 1.165) is 18.6 Å². The van der Waals surface area contributed by atoms with Gasteiger partial charge in [-0.25, -0.2) is 0 Å². The molecule has 1 heterocycles. The third kappa shape index (κ3) is 4.22. The van der Waals surface area contributed by atoms with Crippen LogP contribution in [-0.2, 0) is 4.74 Å². The summed E-state index contributed by atoms with van der Waals surface area (Å²) in [7, 11) is 3.72. The lowest BCUT2D eigenvalue weighted by molar-refractivity contribution is 0.239. The monoisotopic (exact) mass is 305 g/mol. The number of aliphatic hydroxyl groups excluding tert-OH is 1. The van der Waals surface area contributed by atoms with Crippen molar-refractivity contribution in [1.29, 1.82) is 0 Å². The molecule has 21 heavy (non-hydrogen) atoms. The quantitative estimate of drug-likeness (QED) is 0.872. The van der Waals surface area contributed by atoms with Gasteiger partial charge in [0.05, 0.1) is 13.7 Å². The molecule has 114 valence electrons. The number of ether oxygens (including phenoxy) is 1. The van der Waals surface area contributed by atoms with E-state index in [0.29, 0.717) is 6.54 Å². The van der Waals surface area contributed by atoms with Crippen LogP contribution in [0.3, 0.4) is 0 Å². The molecule has 1 aromatic heterocycles. The third-order valence-electron chi connectivity index (χ3n) is 3.62. The molecule has 0 unspecified atom stereocenters. The number of nitrogens with zero attached hydrogens (tertiary/aromatic N) is 1. The summed E-state index contributed by atoms with van der Waals surface area (Å²) in [6.45, 7) is 2.95. The zero-order valence-electron chi connectivity index (χ0n) is 12.9. The van der Waals surface area contributed by atoms with E-state index in [9.17, 15) is 0 Å². The van der Waals surface area contributed by atoms with Crippen molar-refractivity contribution in [2.75, 3.05) is 27.3 Å². The number of methoxy groups -OCH3 is 1. The molecule has 3 nitrogen and oxygen atoms in total. The smallest absolute Gasteiger partial charge is 0.123 e. The number of likely N-dealkylation sites (N-methyl/N-ethyl adjacent to an activating group) is 1. The van der Waals surface area contributed by atoms with E-state index in [1.165, 1.54) is 21.0 Å². The first kappa shape index (κ1) is 15.9. The van der Waals surface area contributed by atoms with Gasteiger partial charge in [-0.2, -0.15) is 0 Å². The largest absolute Gasteiger partial charge is 0.496 e. The zero-order valence-corrected chi connectivity index (χ0v) is 13.7. The fourth-order valence-corrected chi connectivity index (χ4v) is 3.16. The van der Waals surface area contributed by atoms with Gasteiger partial charge in [-0.05, 0) is 49.6 Å². The van der Waals surface area contributed by atoms with Gasteiger partial charge in [-0.1, -0.05) is 6.08 Å². The Balaban J connectivity index is 2.16. The molecular weight excluding hydrogens is 282 g/mol. The average molecular weight is 305 g/mol. The van der Waals surface area contributed by atoms with Crippen molar-refractivity contribution in [3.63, 3.8) is 0 Å². The van der Waals surface area contributed by atoms with Crippen molar-refractivity contribution < 1.29 is 9.84 Å². The molecule has 2 rings (SSSR count). The highest BCUT2D eigenvalue weighted by molar-refractivity contribution is 7.12. The summed E-state index contributed by atoms with van der Waals surface area (Å²) in [6.07, 6.45) is 8.34. The van der Waals surface area contributed by atoms with Crippen LogP contribution < -0.4 is 0 Å². The van der Waals surface area contributed by atoms with E-state index >= 15 is 0 Å². The molecule has 0 saturated carbocycles. The second-order valence-electron chi connectivity index (χ2n) is 5.16. The summed E-state index contributed by atoms with van der Waals surface area (Å²) in [5.74, 6) is 0.922. The van der Waals surface area contributed by atoms with Crippen LogP contribution in [0.1, 0.15) is 22.6 Å². The van der Waals surface area contributed by atoms with Gasteiger partial charge in [0.15, 0.2) is 0 Å². The maximum Gasteiger partial charge on any atom is 0.123 e. The highest BCUT2D eigenvalue weighted by Crippen LogP contribution is 2.28. The van der Waals surface area contributed by atoms with Crippen LogP contribution in [0.25, 0.3) is 6.08 Å². The second kappa shape index (κ2) is 7.48. The zero-order chi connectivity index (χ0) is 15.2. The Morgan fingerprint density at radius 1 is 1.33 bits per heavy atom. The summed E-state index contributed by atoms with van der Waals surface area (Å²) < 4.78 is 5.52. The number of rotatable bonds is 6. The lowest BCUT2D eigenvalue weighted by Crippen LogP contribution is -2.23. The van der Waals surface area contributed by atoms with Crippen molar-refractivity contribution in [3.8, 4) is 0 Å². The maximum atomic E-state index is 9.03. The standard InChI is InChI=1S/C17H23NO2S/c1-13-4-8-16(21-13)9-6-14-5-7-15(12-17(14)20-3)18(2)10-11-19/h4,6,8-9,12,19H,5,7,10-11H2,1-3H3/b9-6+. The van der Waals surface area contributed by atoms with E-state index < -0.39 is 0 Å². The Labute approximate surface area is 130 Å². The van der Waals surface area contributed by atoms with Crippen LogP contribution in [0.2, 0.25) is 0 Å². The predicted octanol–water partition coefficient (Wildman–Crippen LogP) is 3.57. The van der Waals surface area contributed by atoms with Gasteiger partial charge in [0, 0.05) is 29.0 Å². The van der Waals surface area contributed by atoms with Gasteiger partial charge in [-0.3, -0.25) is 0 Å². The van der Waals surface area contributed by atoms with E-state index in [1.54, 1.807) is 18.4 Å². The summed E-state index contributed by atoms with van der Waals surface area (Å²) in [6, 6.07) is 4.28. The van der Waals surface area contributed by atoms with Crippen molar-refractivity contribution in [2.24, 2.45) is 0 Å². The van der Waals surface area contributed by atoms with E-state index in [4.69, 9.17) is 9.84 Å². The first-order chi connectivity index (χ1) is 10.1. The number of hydrogen-bond acceptors (Lipinski definition) is 4. The molecule has 0 fully saturated rings. The minimum absolute atomic E-state index is 0.171. The molecule has 1 aliphatic carbocycles. The van der Waals surface area contributed by atoms with Gasteiger partial charge in [0.1, 0.15) is 5.76 Å². The van der Waals surface area contributed by atoms with Gasteiger partial charge < -0.3 is 14.7 Å². The maximum absolute atomic E-state index is 9.03. The summed E-state index contributed by atoms with van der Waals surface area (Å²) >= 11 is 1.80. The Kier molecular flexibility index (Phi) is 5.65. The molecular formula is C17H23NO2S. The Bertz CT molecular complexity index is 569. The lowest BCUT2D eigenvalue weighted by Gasteiger charge is -2.26. The van der Waals surface area contributed by atoms with E-state index in [-0.39, 0.29) is 6.61 Å². The Morgan fingerprint density at radius 2 is 2.14 bits per heavy atom. The van der Waals surface area contributed by atoms with E-state index in [2.05, 4.69) is 42.2 Å². The minimum atomic E-state index is 0.171. The van der Waals surface area contributed by atoms with Crippen LogP contribution in [0.4, 0.5) is 0 Å². The number of aryl methyl sites for hydroxylation is 1. The third-order valence-corrected chi connectivity index (χ3v) is 4.59. The molecule has 0 aliphatic heterocycles. The molecule has 0 saturated heterocycles. The van der Waals surface area contributed by atoms with Gasteiger partial charge in [0.25, 0.3) is 0 Å². The highest BCUT2D eigenvalue weighted by atomic mass is 32.1. The Morgan fingerprint density at radius 3 is 2.76 bits per heavy atom. The van der Waals surface area contributed by atoms with Crippen molar-refractivity contribution >= 4 is 17.4 Å². The summed E-state index contributed by atoms with van der Waals surface area (Å²) in [5.41, 5.74) is 2.44. The first-order valence-electron chi connectivity index (χ1n) is 7.18. The molecule has 1 aromatic rings. The van der Waals surface area contributed by atoms with Crippen LogP contribution in [0, 0.1) is 6.92 Å². The normalized spacial score (nSPS) is 15.5. The fraction of sp³-hybridized carbons (Fsp3) is 0.412. The molecule has 1 aliphatic rings. The van der Waals surface area contributed by atoms with E-state index in [1.807, 2.05) is 7.05 Å². The fourth-order valence-electron chi connectivity index (χ4n) is 2.38.